The van der Waals surface area contributed by atoms with Crippen LogP contribution >= 0.6 is 0 Å². The van der Waals surface area contributed by atoms with Gasteiger partial charge in [-0.2, -0.15) is 4.73 Å². The molecule has 1 N–H and O–H groups in total. The van der Waals surface area contributed by atoms with Crippen molar-refractivity contribution in [2.75, 3.05) is 0 Å². The van der Waals surface area contributed by atoms with Crippen LogP contribution in [0.1, 0.15) is 0 Å². The van der Waals surface area contributed by atoms with Crippen LogP contribution in [0.3, 0.4) is 0 Å². The monoisotopic (exact) mass is 168 g/mol. The van der Waals surface area contributed by atoms with Crippen LogP contribution in [0.4, 0.5) is 0 Å². The summed E-state index contributed by atoms with van der Waals surface area (Å²) in [6.45, 7) is 0. The zero-order valence-electron chi connectivity index (χ0n) is 4.54. The minimum atomic E-state index is 0.750. The fraction of sp³-hybridized carbons (Fsp3) is 0. The maximum absolute atomic E-state index is 10.2. The molecule has 1 rings (SSSR count). The summed E-state index contributed by atoms with van der Waals surface area (Å²) >= 11 is 2.25. The van der Waals surface area contributed by atoms with Crippen molar-refractivity contribution in [1.82, 2.24) is 0 Å². The van der Waals surface area contributed by atoms with E-state index >= 15 is 0 Å². The van der Waals surface area contributed by atoms with Gasteiger partial charge in [0.1, 0.15) is 0 Å². The third-order valence-corrected chi connectivity index (χ3v) is 0.688. The van der Waals surface area contributed by atoms with Gasteiger partial charge in [-0.05, 0) is 0 Å². The molecule has 0 aliphatic heterocycles. The molecule has 0 aromatic carbocycles. The molecule has 0 aliphatic carbocycles. The number of nitrogens with zero attached hydrogens (tertiary/aromatic N) is 1. The van der Waals surface area contributed by atoms with Gasteiger partial charge < -0.3 is 5.21 Å². The Morgan fingerprint density at radius 3 is 1.78 bits per heavy atom. The normalized spacial score (nSPS) is 7.33. The average Bonchev–Trinajstić information content (AvgIpc) is 1.94. The second-order valence-electron chi connectivity index (χ2n) is 1.24. The molecule has 0 unspecified atom stereocenters. The summed E-state index contributed by atoms with van der Waals surface area (Å²) in [5.74, 6) is 0. The molecule has 0 radical (unpaired) electrons. The van der Waals surface area contributed by atoms with E-state index in [1.807, 2.05) is 0 Å². The Morgan fingerprint density at radius 1 is 1.11 bits per heavy atom. The van der Waals surface area contributed by atoms with E-state index < -0.39 is 0 Å². The standard InChI is InChI=1S/C5H5NO.Fe.H2O/c7-6-4-2-1-3-5-6;;/h1-5H;;1H2/q;+1;/p-1. The van der Waals surface area contributed by atoms with Crippen LogP contribution in [0.15, 0.2) is 30.6 Å². The van der Waals surface area contributed by atoms with Gasteiger partial charge >= 0.3 is 20.5 Å². The molecule has 3 nitrogen and oxygen atoms in total. The molecule has 0 saturated carbocycles. The number of aromatic nitrogens is 1. The molecule has 0 atom stereocenters. The Balaban J connectivity index is 0.000000291. The van der Waals surface area contributed by atoms with Crippen molar-refractivity contribution in [2.24, 2.45) is 0 Å². The van der Waals surface area contributed by atoms with Gasteiger partial charge in [0.2, 0.25) is 0 Å². The van der Waals surface area contributed by atoms with Gasteiger partial charge in [0.15, 0.2) is 12.4 Å². The van der Waals surface area contributed by atoms with Crippen molar-refractivity contribution < 1.29 is 25.3 Å². The van der Waals surface area contributed by atoms with Crippen LogP contribution in [0.5, 0.6) is 0 Å². The molecule has 51 valence electrons. The van der Waals surface area contributed by atoms with E-state index in [1.165, 1.54) is 12.4 Å². The van der Waals surface area contributed by atoms with Crippen molar-refractivity contribution in [1.29, 1.82) is 0 Å². The number of hydrogen-bond acceptors (Lipinski definition) is 2. The first-order valence-electron chi connectivity index (χ1n) is 2.19. The Bertz CT molecular complexity index is 145. The third kappa shape index (κ3) is 3.97. The summed E-state index contributed by atoms with van der Waals surface area (Å²) in [4.78, 5) is 0. The predicted molar refractivity (Wildman–Crippen MR) is 27.6 cm³/mol. The van der Waals surface area contributed by atoms with Gasteiger partial charge in [-0.3, -0.25) is 0 Å². The Hall–Kier alpha value is -0.571. The summed E-state index contributed by atoms with van der Waals surface area (Å²) in [6, 6.07) is 5.18. The van der Waals surface area contributed by atoms with E-state index in [4.69, 9.17) is 4.19 Å². The zero-order chi connectivity index (χ0) is 7.11. The van der Waals surface area contributed by atoms with Crippen LogP contribution in [0.25, 0.3) is 0 Å². The van der Waals surface area contributed by atoms with E-state index in [9.17, 15) is 5.21 Å². The van der Waals surface area contributed by atoms with Crippen molar-refractivity contribution in [3.63, 3.8) is 0 Å². The van der Waals surface area contributed by atoms with Crippen molar-refractivity contribution in [3.05, 3.63) is 35.8 Å². The van der Waals surface area contributed by atoms with E-state index in [0.717, 1.165) is 4.73 Å². The topological polar surface area (TPSA) is 47.2 Å². The number of hydrogen-bond donors (Lipinski definition) is 1. The van der Waals surface area contributed by atoms with Crippen molar-refractivity contribution in [2.45, 2.75) is 0 Å². The first kappa shape index (κ1) is 8.43. The predicted octanol–water partition coefficient (Wildman–Crippen LogP) is -0.239. The van der Waals surface area contributed by atoms with Gasteiger partial charge in [-0.25, -0.2) is 0 Å². The summed E-state index contributed by atoms with van der Waals surface area (Å²) in [5.41, 5.74) is 0. The fourth-order valence-electron chi connectivity index (χ4n) is 0.383. The third-order valence-electron chi connectivity index (χ3n) is 0.688. The summed E-state index contributed by atoms with van der Waals surface area (Å²) in [5, 5.41) is 10.2. The minimum absolute atomic E-state index is 0.750. The molecule has 1 aromatic heterocycles. The maximum atomic E-state index is 10.2. The van der Waals surface area contributed by atoms with Gasteiger partial charge in [-0.1, -0.05) is 6.07 Å². The quantitative estimate of drug-likeness (QED) is 0.330. The molecule has 1 aromatic rings. The molecular weight excluding hydrogens is 162 g/mol. The number of rotatable bonds is 0. The van der Waals surface area contributed by atoms with Crippen molar-refractivity contribution in [3.8, 4) is 0 Å². The van der Waals surface area contributed by atoms with Crippen molar-refractivity contribution >= 4 is 0 Å². The van der Waals surface area contributed by atoms with Gasteiger partial charge in [0.05, 0.1) is 0 Å². The SMILES string of the molecule is [O-][n+]1ccccc1.[OH][Fe]. The molecule has 1 heterocycles. The first-order valence-corrected chi connectivity index (χ1v) is 2.68. The van der Waals surface area contributed by atoms with Gasteiger partial charge in [-0.15, -0.1) is 0 Å². The Kier molecular flexibility index (Phi) is 5.21. The second-order valence-corrected chi connectivity index (χ2v) is 1.24. The zero-order valence-corrected chi connectivity index (χ0v) is 5.65. The Labute approximate surface area is 61.7 Å². The van der Waals surface area contributed by atoms with E-state index in [-0.39, 0.29) is 0 Å². The van der Waals surface area contributed by atoms with Crippen LogP contribution in [0, 0.1) is 5.21 Å². The van der Waals surface area contributed by atoms with E-state index in [1.54, 1.807) is 18.2 Å². The van der Waals surface area contributed by atoms with Crippen LogP contribution in [-0.4, -0.2) is 4.19 Å². The molecule has 0 aliphatic rings. The Morgan fingerprint density at radius 2 is 1.56 bits per heavy atom. The number of pyridine rings is 1. The molecule has 0 fully saturated rings. The molecular formula is C5H6FeNO2. The molecule has 9 heavy (non-hydrogen) atoms. The summed E-state index contributed by atoms with van der Waals surface area (Å²) in [6.07, 6.45) is 2.89. The van der Waals surface area contributed by atoms with Crippen LogP contribution < -0.4 is 4.73 Å². The molecule has 0 amide bonds. The fourth-order valence-corrected chi connectivity index (χ4v) is 0.383. The van der Waals surface area contributed by atoms with Gasteiger partial charge in [0.25, 0.3) is 0 Å². The summed E-state index contributed by atoms with van der Waals surface area (Å²) < 4.78 is 7.50. The molecule has 0 saturated heterocycles. The first-order chi connectivity index (χ1) is 4.39. The second kappa shape index (κ2) is 5.56. The van der Waals surface area contributed by atoms with E-state index in [2.05, 4.69) is 16.3 Å². The van der Waals surface area contributed by atoms with Crippen LogP contribution in [0.2, 0.25) is 0 Å². The van der Waals surface area contributed by atoms with Gasteiger partial charge in [0, 0.05) is 12.1 Å². The molecule has 0 bridgehead atoms. The van der Waals surface area contributed by atoms with E-state index in [0.29, 0.717) is 0 Å². The van der Waals surface area contributed by atoms with Crippen LogP contribution in [-0.2, 0) is 16.3 Å². The average molecular weight is 168 g/mol. The molecule has 0 spiro atoms. The molecule has 4 heteroatoms. The summed E-state index contributed by atoms with van der Waals surface area (Å²) in [7, 11) is 0.